The van der Waals surface area contributed by atoms with Gasteiger partial charge in [0.05, 0.1) is 0 Å². The van der Waals surface area contributed by atoms with Gasteiger partial charge in [-0.15, -0.1) is 0 Å². The average Bonchev–Trinajstić information content (AvgIpc) is 2.71. The Balaban J connectivity index is 3.17. The van der Waals surface area contributed by atoms with Gasteiger partial charge in [0.1, 0.15) is 6.29 Å². The molecule has 0 amide bonds. The van der Waals surface area contributed by atoms with Gasteiger partial charge in [0.2, 0.25) is 0 Å². The molecule has 0 aromatic heterocycles. The van der Waals surface area contributed by atoms with Gasteiger partial charge in [-0.2, -0.15) is 0 Å². The van der Waals surface area contributed by atoms with Crippen LogP contribution < -0.4 is 5.73 Å². The third-order valence-corrected chi connectivity index (χ3v) is 6.15. The summed E-state index contributed by atoms with van der Waals surface area (Å²) in [6, 6.07) is 0. The molecule has 28 heavy (non-hydrogen) atoms. The smallest absolute Gasteiger partial charge is 0.123 e. The fourth-order valence-corrected chi connectivity index (χ4v) is 4.14. The minimum atomic E-state index is 0.300. The molecule has 0 aromatic carbocycles. The molecule has 0 aliphatic heterocycles. The highest BCUT2D eigenvalue weighted by atomic mass is 16.1. The van der Waals surface area contributed by atoms with Crippen molar-refractivity contribution in [3.8, 4) is 0 Å². The summed E-state index contributed by atoms with van der Waals surface area (Å²) in [5, 5.41) is 0. The number of carbonyl (C=O) groups excluding carboxylic acids is 1. The van der Waals surface area contributed by atoms with Crippen LogP contribution in [0.5, 0.6) is 0 Å². The van der Waals surface area contributed by atoms with Crippen molar-refractivity contribution < 1.29 is 4.79 Å². The summed E-state index contributed by atoms with van der Waals surface area (Å²) in [5.74, 6) is 0.300. The van der Waals surface area contributed by atoms with Gasteiger partial charge in [0.15, 0.2) is 0 Å². The highest BCUT2D eigenvalue weighted by Gasteiger charge is 2.06. The molecule has 168 valence electrons. The fourth-order valence-electron chi connectivity index (χ4n) is 4.14. The molecule has 0 rings (SSSR count). The normalized spacial score (nSPS) is 12.4. The largest absolute Gasteiger partial charge is 0.330 e. The molecule has 0 radical (unpaired) electrons. The first kappa shape index (κ1) is 27.6. The third kappa shape index (κ3) is 21.9. The number of nitrogens with two attached hydrogens (primary N) is 1. The lowest BCUT2D eigenvalue weighted by Gasteiger charge is -2.09. The van der Waals surface area contributed by atoms with Crippen molar-refractivity contribution in [1.29, 1.82) is 0 Å². The molecule has 0 bridgehead atoms. The Bertz CT molecular complexity index is 292. The highest BCUT2D eigenvalue weighted by molar-refractivity contribution is 5.53. The minimum Gasteiger partial charge on any atom is -0.330 e. The highest BCUT2D eigenvalue weighted by Crippen LogP contribution is 2.17. The first-order valence-electron chi connectivity index (χ1n) is 13.0. The van der Waals surface area contributed by atoms with Gasteiger partial charge >= 0.3 is 0 Å². The summed E-state index contributed by atoms with van der Waals surface area (Å²) in [4.78, 5) is 11.1. The maximum Gasteiger partial charge on any atom is 0.123 e. The minimum absolute atomic E-state index is 0.300. The van der Waals surface area contributed by atoms with Gasteiger partial charge in [-0.1, -0.05) is 129 Å². The Hall–Kier alpha value is -0.370. The zero-order chi connectivity index (χ0) is 20.5. The summed E-state index contributed by atoms with van der Waals surface area (Å²) in [6.07, 6.45) is 30.8. The summed E-state index contributed by atoms with van der Waals surface area (Å²) in [6.45, 7) is 3.07. The van der Waals surface area contributed by atoms with Crippen LogP contribution in [-0.4, -0.2) is 12.8 Å². The lowest BCUT2D eigenvalue weighted by molar-refractivity contribution is -0.111. The Morgan fingerprint density at radius 3 is 1.18 bits per heavy atom. The molecule has 0 heterocycles. The van der Waals surface area contributed by atoms with E-state index in [0.29, 0.717) is 5.92 Å². The molecule has 2 nitrogen and oxygen atoms in total. The van der Waals surface area contributed by atoms with E-state index in [4.69, 9.17) is 5.73 Å². The number of hydrogen-bond donors (Lipinski definition) is 1. The van der Waals surface area contributed by atoms with E-state index in [1.54, 1.807) is 0 Å². The number of rotatable bonds is 24. The Labute approximate surface area is 177 Å². The van der Waals surface area contributed by atoms with Crippen LogP contribution in [0.15, 0.2) is 0 Å². The lowest BCUT2D eigenvalue weighted by atomic mass is 9.95. The molecular weight excluding hydrogens is 342 g/mol. The van der Waals surface area contributed by atoms with E-state index >= 15 is 0 Å². The second-order valence-corrected chi connectivity index (χ2v) is 8.98. The van der Waals surface area contributed by atoms with Crippen LogP contribution in [0.2, 0.25) is 0 Å². The SMILES string of the molecule is CCCCCCCCCCCCCCCCCCCC(C=O)CCCCCN. The number of aldehydes is 1. The molecule has 0 saturated carbocycles. The van der Waals surface area contributed by atoms with Crippen LogP contribution in [0.4, 0.5) is 0 Å². The number of carbonyl (C=O) groups is 1. The number of hydrogen-bond acceptors (Lipinski definition) is 2. The van der Waals surface area contributed by atoms with Gasteiger partial charge in [-0.3, -0.25) is 0 Å². The van der Waals surface area contributed by atoms with Crippen molar-refractivity contribution >= 4 is 6.29 Å². The molecule has 1 unspecified atom stereocenters. The van der Waals surface area contributed by atoms with Crippen LogP contribution in [0.3, 0.4) is 0 Å². The molecule has 0 spiro atoms. The predicted octanol–water partition coefficient (Wildman–Crippen LogP) is 8.36. The summed E-state index contributed by atoms with van der Waals surface area (Å²) in [5.41, 5.74) is 5.51. The van der Waals surface area contributed by atoms with E-state index in [-0.39, 0.29) is 0 Å². The van der Waals surface area contributed by atoms with Gasteiger partial charge in [0.25, 0.3) is 0 Å². The second-order valence-electron chi connectivity index (χ2n) is 8.98. The van der Waals surface area contributed by atoms with Crippen LogP contribution in [-0.2, 0) is 4.79 Å². The monoisotopic (exact) mass is 395 g/mol. The molecule has 0 aliphatic carbocycles. The van der Waals surface area contributed by atoms with Gasteiger partial charge in [0, 0.05) is 5.92 Å². The van der Waals surface area contributed by atoms with E-state index in [9.17, 15) is 4.79 Å². The van der Waals surface area contributed by atoms with Crippen molar-refractivity contribution in [3.05, 3.63) is 0 Å². The maximum absolute atomic E-state index is 11.1. The van der Waals surface area contributed by atoms with Gasteiger partial charge in [-0.25, -0.2) is 0 Å². The van der Waals surface area contributed by atoms with E-state index < -0.39 is 0 Å². The van der Waals surface area contributed by atoms with Crippen LogP contribution in [0, 0.1) is 5.92 Å². The zero-order valence-corrected chi connectivity index (χ0v) is 19.4. The fraction of sp³-hybridized carbons (Fsp3) is 0.962. The number of unbranched alkanes of at least 4 members (excludes halogenated alkanes) is 18. The lowest BCUT2D eigenvalue weighted by Crippen LogP contribution is -2.03. The first-order chi connectivity index (χ1) is 13.8. The molecule has 0 aromatic rings. The standard InChI is InChI=1S/C26H53NO/c1-2-3-4-5-6-7-8-9-10-11-12-13-14-15-16-17-19-22-26(25-28)23-20-18-21-24-27/h25-26H,2-24,27H2,1H3. The second kappa shape index (κ2) is 24.7. The van der Waals surface area contributed by atoms with Gasteiger partial charge < -0.3 is 10.5 Å². The first-order valence-corrected chi connectivity index (χ1v) is 13.0. The van der Waals surface area contributed by atoms with Crippen molar-refractivity contribution in [1.82, 2.24) is 0 Å². The van der Waals surface area contributed by atoms with Crippen molar-refractivity contribution in [3.63, 3.8) is 0 Å². The summed E-state index contributed by atoms with van der Waals surface area (Å²) < 4.78 is 0. The summed E-state index contributed by atoms with van der Waals surface area (Å²) in [7, 11) is 0. The molecular formula is C26H53NO. The Kier molecular flexibility index (Phi) is 24.3. The van der Waals surface area contributed by atoms with E-state index in [0.717, 1.165) is 25.8 Å². The van der Waals surface area contributed by atoms with E-state index in [1.165, 1.54) is 128 Å². The van der Waals surface area contributed by atoms with Crippen molar-refractivity contribution in [2.75, 3.05) is 6.54 Å². The van der Waals surface area contributed by atoms with E-state index in [1.807, 2.05) is 0 Å². The van der Waals surface area contributed by atoms with Gasteiger partial charge in [-0.05, 0) is 25.8 Å². The molecule has 0 fully saturated rings. The quantitative estimate of drug-likeness (QED) is 0.132. The van der Waals surface area contributed by atoms with Crippen molar-refractivity contribution in [2.24, 2.45) is 11.7 Å². The molecule has 2 heteroatoms. The average molecular weight is 396 g/mol. The topological polar surface area (TPSA) is 43.1 Å². The molecule has 1 atom stereocenters. The Morgan fingerprint density at radius 1 is 0.536 bits per heavy atom. The van der Waals surface area contributed by atoms with Crippen molar-refractivity contribution in [2.45, 2.75) is 148 Å². The molecule has 0 saturated heterocycles. The van der Waals surface area contributed by atoms with E-state index in [2.05, 4.69) is 6.92 Å². The summed E-state index contributed by atoms with van der Waals surface area (Å²) >= 11 is 0. The third-order valence-electron chi connectivity index (χ3n) is 6.15. The predicted molar refractivity (Wildman–Crippen MR) is 126 cm³/mol. The molecule has 2 N–H and O–H groups in total. The van der Waals surface area contributed by atoms with Crippen LogP contribution >= 0.6 is 0 Å². The van der Waals surface area contributed by atoms with Crippen LogP contribution in [0.25, 0.3) is 0 Å². The Morgan fingerprint density at radius 2 is 0.857 bits per heavy atom. The maximum atomic E-state index is 11.1. The zero-order valence-electron chi connectivity index (χ0n) is 19.4. The molecule has 0 aliphatic rings. The van der Waals surface area contributed by atoms with Crippen LogP contribution in [0.1, 0.15) is 148 Å².